The molecule has 2 aromatic heterocycles. The maximum Gasteiger partial charge on any atom is 0.316 e. The number of aryl methyl sites for hydroxylation is 1. The van der Waals surface area contributed by atoms with Crippen LogP contribution in [0.25, 0.3) is 21.3 Å². The molecule has 0 spiro atoms. The van der Waals surface area contributed by atoms with Crippen LogP contribution in [0.3, 0.4) is 0 Å². The van der Waals surface area contributed by atoms with Gasteiger partial charge in [0, 0.05) is 10.4 Å². The highest BCUT2D eigenvalue weighted by Crippen LogP contribution is 2.35. The molecule has 0 aliphatic rings. The molecule has 0 fully saturated rings. The lowest BCUT2D eigenvalue weighted by Crippen LogP contribution is -2.13. The smallest absolute Gasteiger partial charge is 0.316 e. The summed E-state index contributed by atoms with van der Waals surface area (Å²) in [5.74, 6) is 0.111. The van der Waals surface area contributed by atoms with Gasteiger partial charge in [-0.3, -0.25) is 9.59 Å². The molecule has 1 aromatic carbocycles. The number of carbonyl (C=O) groups is 1. The van der Waals surface area contributed by atoms with Crippen LogP contribution in [0, 0.1) is 12.8 Å². The van der Waals surface area contributed by atoms with Crippen molar-refractivity contribution in [2.75, 3.05) is 12.4 Å². The SMILES string of the molecule is Cc1sc2nc(SCC(=O)OCC(C)C)[nH]c(=O)c2c1-c1ccccc1. The summed E-state index contributed by atoms with van der Waals surface area (Å²) in [7, 11) is 0. The van der Waals surface area contributed by atoms with E-state index in [-0.39, 0.29) is 17.3 Å². The molecule has 0 unspecified atom stereocenters. The third-order valence-electron chi connectivity index (χ3n) is 3.68. The molecule has 3 aromatic rings. The first kappa shape index (κ1) is 18.7. The first-order valence-corrected chi connectivity index (χ1v) is 10.1. The molecule has 0 bridgehead atoms. The van der Waals surface area contributed by atoms with E-state index in [4.69, 9.17) is 4.74 Å². The molecular formula is C19H20N2O3S2. The molecule has 0 amide bonds. The average molecular weight is 389 g/mol. The first-order valence-electron chi connectivity index (χ1n) is 8.33. The number of benzene rings is 1. The average Bonchev–Trinajstić information content (AvgIpc) is 2.95. The number of nitrogens with zero attached hydrogens (tertiary/aromatic N) is 1. The highest BCUT2D eigenvalue weighted by Gasteiger charge is 2.17. The van der Waals surface area contributed by atoms with Crippen molar-refractivity contribution < 1.29 is 9.53 Å². The van der Waals surface area contributed by atoms with Gasteiger partial charge in [0.1, 0.15) is 4.83 Å². The second-order valence-corrected chi connectivity index (χ2v) is 8.48. The minimum atomic E-state index is -0.307. The summed E-state index contributed by atoms with van der Waals surface area (Å²) in [6, 6.07) is 9.82. The lowest BCUT2D eigenvalue weighted by atomic mass is 10.0. The second-order valence-electron chi connectivity index (χ2n) is 6.32. The van der Waals surface area contributed by atoms with Crippen molar-refractivity contribution in [2.45, 2.75) is 25.9 Å². The van der Waals surface area contributed by atoms with E-state index in [0.717, 1.165) is 16.0 Å². The maximum absolute atomic E-state index is 12.6. The van der Waals surface area contributed by atoms with Crippen LogP contribution in [0.4, 0.5) is 0 Å². The minimum Gasteiger partial charge on any atom is -0.465 e. The monoisotopic (exact) mass is 388 g/mol. The Morgan fingerprint density at radius 1 is 1.31 bits per heavy atom. The number of aromatic nitrogens is 2. The van der Waals surface area contributed by atoms with Gasteiger partial charge in [0.25, 0.3) is 5.56 Å². The molecule has 26 heavy (non-hydrogen) atoms. The van der Waals surface area contributed by atoms with Gasteiger partial charge in [0.2, 0.25) is 0 Å². The number of aromatic amines is 1. The molecule has 7 heteroatoms. The minimum absolute atomic E-state index is 0.122. The Balaban J connectivity index is 1.86. The molecule has 0 aliphatic carbocycles. The fraction of sp³-hybridized carbons (Fsp3) is 0.316. The molecule has 2 heterocycles. The van der Waals surface area contributed by atoms with Crippen molar-refractivity contribution in [1.82, 2.24) is 9.97 Å². The quantitative estimate of drug-likeness (QED) is 0.388. The molecule has 0 saturated heterocycles. The number of carbonyl (C=O) groups excluding carboxylic acids is 1. The summed E-state index contributed by atoms with van der Waals surface area (Å²) in [6.07, 6.45) is 0. The Morgan fingerprint density at radius 3 is 2.73 bits per heavy atom. The lowest BCUT2D eigenvalue weighted by Gasteiger charge is -2.06. The predicted molar refractivity (Wildman–Crippen MR) is 107 cm³/mol. The van der Waals surface area contributed by atoms with Crippen LogP contribution < -0.4 is 5.56 Å². The highest BCUT2D eigenvalue weighted by molar-refractivity contribution is 7.99. The van der Waals surface area contributed by atoms with Crippen molar-refractivity contribution in [3.63, 3.8) is 0 Å². The second kappa shape index (κ2) is 8.05. The number of hydrogen-bond acceptors (Lipinski definition) is 6. The van der Waals surface area contributed by atoms with Gasteiger partial charge >= 0.3 is 5.97 Å². The molecule has 1 N–H and O–H groups in total. The van der Waals surface area contributed by atoms with E-state index >= 15 is 0 Å². The van der Waals surface area contributed by atoms with E-state index in [1.807, 2.05) is 51.1 Å². The number of nitrogens with one attached hydrogen (secondary N) is 1. The number of esters is 1. The highest BCUT2D eigenvalue weighted by atomic mass is 32.2. The molecule has 3 rings (SSSR count). The van der Waals surface area contributed by atoms with Gasteiger partial charge in [0.05, 0.1) is 17.7 Å². The van der Waals surface area contributed by atoms with Crippen LogP contribution in [0.15, 0.2) is 40.3 Å². The van der Waals surface area contributed by atoms with Crippen molar-refractivity contribution in [3.8, 4) is 11.1 Å². The number of thiophene rings is 1. The maximum atomic E-state index is 12.6. The van der Waals surface area contributed by atoms with Gasteiger partial charge in [-0.2, -0.15) is 0 Å². The molecule has 0 aliphatic heterocycles. The standard InChI is InChI=1S/C19H20N2O3S2/c1-11(2)9-24-14(22)10-25-19-20-17(23)16-15(12(3)26-18(16)21-19)13-7-5-4-6-8-13/h4-8,11H,9-10H2,1-3H3,(H,20,21,23). The number of thioether (sulfide) groups is 1. The largest absolute Gasteiger partial charge is 0.465 e. The van der Waals surface area contributed by atoms with E-state index in [1.165, 1.54) is 23.1 Å². The number of fused-ring (bicyclic) bond motifs is 1. The van der Waals surface area contributed by atoms with Gasteiger partial charge in [0.15, 0.2) is 5.16 Å². The summed E-state index contributed by atoms with van der Waals surface area (Å²) in [5.41, 5.74) is 1.74. The van der Waals surface area contributed by atoms with Crippen LogP contribution in [-0.2, 0) is 9.53 Å². The number of rotatable bonds is 6. The zero-order valence-corrected chi connectivity index (χ0v) is 16.5. The van der Waals surface area contributed by atoms with Crippen LogP contribution in [-0.4, -0.2) is 28.3 Å². The van der Waals surface area contributed by atoms with E-state index in [9.17, 15) is 9.59 Å². The zero-order chi connectivity index (χ0) is 18.7. The van der Waals surface area contributed by atoms with Crippen LogP contribution >= 0.6 is 23.1 Å². The van der Waals surface area contributed by atoms with Crippen LogP contribution in [0.2, 0.25) is 0 Å². The molecule has 136 valence electrons. The van der Waals surface area contributed by atoms with Gasteiger partial charge in [-0.25, -0.2) is 4.98 Å². The summed E-state index contributed by atoms with van der Waals surface area (Å²) in [5, 5.41) is 1.04. The summed E-state index contributed by atoms with van der Waals surface area (Å²) < 4.78 is 5.15. The number of ether oxygens (including phenoxy) is 1. The number of H-pyrrole nitrogens is 1. The Morgan fingerprint density at radius 2 is 2.04 bits per heavy atom. The first-order chi connectivity index (χ1) is 12.5. The van der Waals surface area contributed by atoms with Gasteiger partial charge in [-0.15, -0.1) is 11.3 Å². The summed E-state index contributed by atoms with van der Waals surface area (Å²) in [6.45, 7) is 6.35. The normalized spacial score (nSPS) is 11.2. The Labute approximate surface area is 159 Å². The Kier molecular flexibility index (Phi) is 5.78. The van der Waals surface area contributed by atoms with Gasteiger partial charge in [-0.1, -0.05) is 55.9 Å². The fourth-order valence-electron chi connectivity index (χ4n) is 2.55. The zero-order valence-electron chi connectivity index (χ0n) is 14.9. The lowest BCUT2D eigenvalue weighted by molar-refractivity contribution is -0.141. The van der Waals surface area contributed by atoms with E-state index < -0.39 is 0 Å². The number of hydrogen-bond donors (Lipinski definition) is 1. The third-order valence-corrected chi connectivity index (χ3v) is 5.53. The van der Waals surface area contributed by atoms with E-state index in [1.54, 1.807) is 0 Å². The molecule has 0 radical (unpaired) electrons. The van der Waals surface area contributed by atoms with Crippen molar-refractivity contribution in [3.05, 3.63) is 45.6 Å². The Hall–Kier alpha value is -2.12. The summed E-state index contributed by atoms with van der Waals surface area (Å²) >= 11 is 2.68. The van der Waals surface area contributed by atoms with Crippen molar-refractivity contribution in [2.24, 2.45) is 5.92 Å². The topological polar surface area (TPSA) is 72.0 Å². The van der Waals surface area contributed by atoms with Crippen LogP contribution in [0.5, 0.6) is 0 Å². The molecular weight excluding hydrogens is 368 g/mol. The molecule has 0 atom stereocenters. The van der Waals surface area contributed by atoms with Crippen molar-refractivity contribution in [1.29, 1.82) is 0 Å². The summed E-state index contributed by atoms with van der Waals surface area (Å²) in [4.78, 5) is 33.4. The third kappa shape index (κ3) is 4.16. The van der Waals surface area contributed by atoms with Gasteiger partial charge < -0.3 is 9.72 Å². The van der Waals surface area contributed by atoms with Crippen molar-refractivity contribution >= 4 is 39.3 Å². The molecule has 5 nitrogen and oxygen atoms in total. The van der Waals surface area contributed by atoms with Gasteiger partial charge in [-0.05, 0) is 18.4 Å². The molecule has 0 saturated carbocycles. The van der Waals surface area contributed by atoms with E-state index in [0.29, 0.717) is 27.9 Å². The van der Waals surface area contributed by atoms with E-state index in [2.05, 4.69) is 9.97 Å². The Bertz CT molecular complexity index is 978. The van der Waals surface area contributed by atoms with Crippen LogP contribution in [0.1, 0.15) is 18.7 Å². The predicted octanol–water partition coefficient (Wildman–Crippen LogP) is 4.25. The fourth-order valence-corrected chi connectivity index (χ4v) is 4.31.